The highest BCUT2D eigenvalue weighted by atomic mass is 35.5. The number of rotatable bonds is 4. The van der Waals surface area contributed by atoms with Gasteiger partial charge in [-0.25, -0.2) is 0 Å². The second-order valence-electron chi connectivity index (χ2n) is 6.98. The van der Waals surface area contributed by atoms with E-state index < -0.39 is 0 Å². The van der Waals surface area contributed by atoms with Gasteiger partial charge in [-0.3, -0.25) is 9.88 Å². The first-order valence-corrected chi connectivity index (χ1v) is 9.67. The second-order valence-corrected chi connectivity index (χ2v) is 7.37. The Morgan fingerprint density at radius 2 is 1.86 bits per heavy atom. The van der Waals surface area contributed by atoms with E-state index >= 15 is 0 Å². The van der Waals surface area contributed by atoms with E-state index in [1.54, 1.807) is 10.6 Å². The van der Waals surface area contributed by atoms with Crippen LogP contribution in [0.25, 0.3) is 16.6 Å². The fraction of sp³-hybridized carbons (Fsp3) is 0.300. The first-order valence-electron chi connectivity index (χ1n) is 9.29. The van der Waals surface area contributed by atoms with Crippen molar-refractivity contribution in [1.82, 2.24) is 29.7 Å². The number of benzene rings is 1. The number of nitrogens with zero attached hydrogens (tertiary/aromatic N) is 6. The predicted molar refractivity (Wildman–Crippen MR) is 106 cm³/mol. The lowest BCUT2D eigenvalue weighted by atomic mass is 10.1. The molecule has 0 N–H and O–H groups in total. The maximum Gasteiger partial charge on any atom is 0.178 e. The van der Waals surface area contributed by atoms with Gasteiger partial charge in [0.15, 0.2) is 11.5 Å². The molecule has 1 fully saturated rings. The third-order valence-corrected chi connectivity index (χ3v) is 5.17. The van der Waals surface area contributed by atoms with E-state index in [1.807, 2.05) is 18.3 Å². The molecular weight excluding hydrogens is 376 g/mol. The Morgan fingerprint density at radius 1 is 1.00 bits per heavy atom. The van der Waals surface area contributed by atoms with Gasteiger partial charge in [-0.2, -0.15) is 9.61 Å². The van der Waals surface area contributed by atoms with E-state index in [0.29, 0.717) is 17.2 Å². The SMILES string of the molecule is Clc1ccc2nnc(Cc3ccc4ncc(CN5CCOCC5)cc4c3)n2n1. The van der Waals surface area contributed by atoms with Crippen molar-refractivity contribution in [3.05, 3.63) is 64.7 Å². The topological polar surface area (TPSA) is 68.4 Å². The van der Waals surface area contributed by atoms with Gasteiger partial charge in [-0.15, -0.1) is 10.2 Å². The molecule has 8 heteroatoms. The van der Waals surface area contributed by atoms with Crippen LogP contribution >= 0.6 is 11.6 Å². The van der Waals surface area contributed by atoms with Crippen LogP contribution in [0.4, 0.5) is 0 Å². The van der Waals surface area contributed by atoms with Gasteiger partial charge in [0, 0.05) is 37.6 Å². The molecule has 0 atom stereocenters. The summed E-state index contributed by atoms with van der Waals surface area (Å²) in [5.41, 5.74) is 4.03. The lowest BCUT2D eigenvalue weighted by Gasteiger charge is -2.26. The van der Waals surface area contributed by atoms with E-state index in [9.17, 15) is 0 Å². The van der Waals surface area contributed by atoms with E-state index in [4.69, 9.17) is 16.3 Å². The highest BCUT2D eigenvalue weighted by Gasteiger charge is 2.12. The van der Waals surface area contributed by atoms with Crippen LogP contribution in [0, 0.1) is 0 Å². The van der Waals surface area contributed by atoms with Crippen molar-refractivity contribution < 1.29 is 4.74 Å². The maximum atomic E-state index is 6.02. The molecule has 4 aromatic rings. The second kappa shape index (κ2) is 7.43. The van der Waals surface area contributed by atoms with Crippen molar-refractivity contribution >= 4 is 28.2 Å². The minimum Gasteiger partial charge on any atom is -0.379 e. The molecule has 0 spiro atoms. The number of hydrogen-bond donors (Lipinski definition) is 0. The lowest BCUT2D eigenvalue weighted by molar-refractivity contribution is 0.0341. The van der Waals surface area contributed by atoms with Crippen molar-refractivity contribution in [2.75, 3.05) is 26.3 Å². The quantitative estimate of drug-likeness (QED) is 0.530. The zero-order chi connectivity index (χ0) is 18.9. The average Bonchev–Trinajstić information content (AvgIpc) is 3.10. The minimum absolute atomic E-state index is 0.420. The smallest absolute Gasteiger partial charge is 0.178 e. The minimum atomic E-state index is 0.420. The molecule has 0 amide bonds. The molecule has 7 nitrogen and oxygen atoms in total. The summed E-state index contributed by atoms with van der Waals surface area (Å²) in [5.74, 6) is 0.759. The fourth-order valence-corrected chi connectivity index (χ4v) is 3.68. The van der Waals surface area contributed by atoms with E-state index in [-0.39, 0.29) is 0 Å². The third-order valence-electron chi connectivity index (χ3n) is 4.97. The van der Waals surface area contributed by atoms with Gasteiger partial charge >= 0.3 is 0 Å². The Morgan fingerprint density at radius 3 is 2.75 bits per heavy atom. The van der Waals surface area contributed by atoms with Gasteiger partial charge in [-0.05, 0) is 41.5 Å². The van der Waals surface area contributed by atoms with Crippen LogP contribution in [0.15, 0.2) is 42.6 Å². The predicted octanol–water partition coefficient (Wildman–Crippen LogP) is 2.75. The summed E-state index contributed by atoms with van der Waals surface area (Å²) in [6, 6.07) is 12.0. The fourth-order valence-electron chi connectivity index (χ4n) is 3.54. The molecule has 0 aliphatic carbocycles. The number of aromatic nitrogens is 5. The van der Waals surface area contributed by atoms with E-state index in [2.05, 4.69) is 43.4 Å². The molecule has 3 aromatic heterocycles. The first kappa shape index (κ1) is 17.5. The zero-order valence-electron chi connectivity index (χ0n) is 15.3. The van der Waals surface area contributed by atoms with Crippen LogP contribution in [0.3, 0.4) is 0 Å². The average molecular weight is 395 g/mol. The highest BCUT2D eigenvalue weighted by molar-refractivity contribution is 6.29. The molecule has 0 unspecified atom stereocenters. The summed E-state index contributed by atoms with van der Waals surface area (Å²) >= 11 is 6.02. The molecule has 142 valence electrons. The molecule has 28 heavy (non-hydrogen) atoms. The Kier molecular flexibility index (Phi) is 4.64. The number of fused-ring (bicyclic) bond motifs is 2. The number of ether oxygens (including phenoxy) is 1. The third kappa shape index (κ3) is 3.56. The summed E-state index contributed by atoms with van der Waals surface area (Å²) < 4.78 is 7.12. The molecule has 0 radical (unpaired) electrons. The highest BCUT2D eigenvalue weighted by Crippen LogP contribution is 2.19. The summed E-state index contributed by atoms with van der Waals surface area (Å²) in [4.78, 5) is 7.02. The summed E-state index contributed by atoms with van der Waals surface area (Å²) in [6.45, 7) is 4.43. The molecule has 1 saturated heterocycles. The molecule has 0 saturated carbocycles. The van der Waals surface area contributed by atoms with Crippen LogP contribution in [-0.2, 0) is 17.7 Å². The Hall–Kier alpha value is -2.61. The van der Waals surface area contributed by atoms with Crippen LogP contribution in [0.1, 0.15) is 17.0 Å². The summed E-state index contributed by atoms with van der Waals surface area (Å²) in [5, 5.41) is 14.3. The van der Waals surface area contributed by atoms with Gasteiger partial charge in [-0.1, -0.05) is 17.7 Å². The number of morpholine rings is 1. The monoisotopic (exact) mass is 394 g/mol. The van der Waals surface area contributed by atoms with Crippen molar-refractivity contribution in [3.63, 3.8) is 0 Å². The van der Waals surface area contributed by atoms with Crippen LogP contribution in [0.5, 0.6) is 0 Å². The lowest BCUT2D eigenvalue weighted by Crippen LogP contribution is -2.35. The molecule has 5 rings (SSSR count). The van der Waals surface area contributed by atoms with Gasteiger partial charge in [0.05, 0.1) is 18.7 Å². The molecule has 4 heterocycles. The van der Waals surface area contributed by atoms with Gasteiger partial charge in [0.1, 0.15) is 5.15 Å². The van der Waals surface area contributed by atoms with Crippen molar-refractivity contribution in [3.8, 4) is 0 Å². The normalized spacial score (nSPS) is 15.5. The first-order chi connectivity index (χ1) is 13.7. The molecule has 1 aliphatic rings. The molecule has 1 aromatic carbocycles. The number of halogens is 1. The Balaban J connectivity index is 1.42. The van der Waals surface area contributed by atoms with Gasteiger partial charge in [0.2, 0.25) is 0 Å². The maximum absolute atomic E-state index is 6.02. The Labute approximate surface area is 166 Å². The summed E-state index contributed by atoms with van der Waals surface area (Å²) in [6.07, 6.45) is 2.59. The zero-order valence-corrected chi connectivity index (χ0v) is 16.0. The molecule has 0 bridgehead atoms. The largest absolute Gasteiger partial charge is 0.379 e. The molecule has 1 aliphatic heterocycles. The van der Waals surface area contributed by atoms with E-state index in [0.717, 1.165) is 55.1 Å². The van der Waals surface area contributed by atoms with Crippen LogP contribution in [0.2, 0.25) is 5.15 Å². The standard InChI is InChI=1S/C20H19ClN6O/c21-18-3-4-19-23-24-20(27(19)25-18)11-14-1-2-17-16(9-14)10-15(12-22-17)13-26-5-7-28-8-6-26/h1-4,9-10,12H,5-8,11,13H2. The van der Waals surface area contributed by atoms with Crippen LogP contribution < -0.4 is 0 Å². The Bertz CT molecular complexity index is 1140. The number of hydrogen-bond acceptors (Lipinski definition) is 6. The van der Waals surface area contributed by atoms with Crippen molar-refractivity contribution in [1.29, 1.82) is 0 Å². The van der Waals surface area contributed by atoms with E-state index in [1.165, 1.54) is 5.56 Å². The number of pyridine rings is 1. The summed E-state index contributed by atoms with van der Waals surface area (Å²) in [7, 11) is 0. The van der Waals surface area contributed by atoms with Crippen LogP contribution in [-0.4, -0.2) is 56.0 Å². The van der Waals surface area contributed by atoms with Crippen molar-refractivity contribution in [2.24, 2.45) is 0 Å². The van der Waals surface area contributed by atoms with Gasteiger partial charge in [0.25, 0.3) is 0 Å². The van der Waals surface area contributed by atoms with Gasteiger partial charge < -0.3 is 4.74 Å². The molecular formula is C20H19ClN6O. The van der Waals surface area contributed by atoms with Crippen molar-refractivity contribution in [2.45, 2.75) is 13.0 Å².